The van der Waals surface area contributed by atoms with Crippen LogP contribution in [0.1, 0.15) is 33.1 Å². The third kappa shape index (κ3) is 4.06. The standard InChI is InChI=1S/C11H20N2O2S/c1-7(2)10(11(12)16)13-9(14)6-8-4-3-5-15-8/h7-8,10H,3-6H2,1-2H3,(H2,12,16)(H,13,14). The lowest BCUT2D eigenvalue weighted by Crippen LogP contribution is -2.47. The lowest BCUT2D eigenvalue weighted by atomic mass is 10.0. The first-order chi connectivity index (χ1) is 7.50. The Morgan fingerprint density at radius 3 is 2.75 bits per heavy atom. The van der Waals surface area contributed by atoms with Crippen molar-refractivity contribution in [2.75, 3.05) is 6.61 Å². The van der Waals surface area contributed by atoms with Crippen LogP contribution in [0.25, 0.3) is 0 Å². The zero-order valence-corrected chi connectivity index (χ0v) is 10.7. The minimum atomic E-state index is -0.219. The van der Waals surface area contributed by atoms with Crippen molar-refractivity contribution in [1.29, 1.82) is 0 Å². The number of ether oxygens (including phenoxy) is 1. The molecule has 1 aliphatic rings. The summed E-state index contributed by atoms with van der Waals surface area (Å²) in [6.07, 6.45) is 2.48. The maximum absolute atomic E-state index is 11.7. The number of thiocarbonyl (C=S) groups is 1. The molecule has 1 rings (SSSR count). The topological polar surface area (TPSA) is 64.3 Å². The first-order valence-electron chi connectivity index (χ1n) is 5.71. The van der Waals surface area contributed by atoms with Crippen molar-refractivity contribution >= 4 is 23.1 Å². The lowest BCUT2D eigenvalue weighted by Gasteiger charge is -2.21. The quantitative estimate of drug-likeness (QED) is 0.708. The van der Waals surface area contributed by atoms with Crippen LogP contribution in [0.2, 0.25) is 0 Å². The van der Waals surface area contributed by atoms with Gasteiger partial charge in [0.25, 0.3) is 0 Å². The number of amides is 1. The molecule has 2 atom stereocenters. The van der Waals surface area contributed by atoms with Gasteiger partial charge in [0.05, 0.1) is 23.6 Å². The van der Waals surface area contributed by atoms with Crippen LogP contribution in [0, 0.1) is 5.92 Å². The molecule has 92 valence electrons. The van der Waals surface area contributed by atoms with Gasteiger partial charge in [-0.25, -0.2) is 0 Å². The highest BCUT2D eigenvalue weighted by Gasteiger charge is 2.23. The molecule has 0 aliphatic carbocycles. The van der Waals surface area contributed by atoms with Crippen LogP contribution >= 0.6 is 12.2 Å². The largest absolute Gasteiger partial charge is 0.392 e. The lowest BCUT2D eigenvalue weighted by molar-refractivity contribution is -0.123. The molecule has 1 fully saturated rings. The van der Waals surface area contributed by atoms with Gasteiger partial charge < -0.3 is 15.8 Å². The van der Waals surface area contributed by atoms with Gasteiger partial charge >= 0.3 is 0 Å². The fraction of sp³-hybridized carbons (Fsp3) is 0.818. The van der Waals surface area contributed by atoms with Gasteiger partial charge in [-0.3, -0.25) is 4.79 Å². The SMILES string of the molecule is CC(C)C(NC(=O)CC1CCCO1)C(N)=S. The number of rotatable bonds is 5. The Labute approximate surface area is 102 Å². The Kier molecular flexibility index (Phi) is 5.15. The van der Waals surface area contributed by atoms with E-state index in [0.29, 0.717) is 11.4 Å². The van der Waals surface area contributed by atoms with Gasteiger partial charge in [-0.05, 0) is 18.8 Å². The first-order valence-corrected chi connectivity index (χ1v) is 6.11. The van der Waals surface area contributed by atoms with Crippen molar-refractivity contribution in [2.24, 2.45) is 11.7 Å². The summed E-state index contributed by atoms with van der Waals surface area (Å²) >= 11 is 4.93. The van der Waals surface area contributed by atoms with Crippen molar-refractivity contribution in [3.8, 4) is 0 Å². The van der Waals surface area contributed by atoms with Crippen molar-refractivity contribution in [1.82, 2.24) is 5.32 Å². The fourth-order valence-electron chi connectivity index (χ4n) is 1.81. The molecular formula is C11H20N2O2S. The van der Waals surface area contributed by atoms with E-state index < -0.39 is 0 Å². The molecule has 5 heteroatoms. The maximum atomic E-state index is 11.7. The fourth-order valence-corrected chi connectivity index (χ4v) is 2.14. The van der Waals surface area contributed by atoms with E-state index in [1.807, 2.05) is 13.8 Å². The minimum absolute atomic E-state index is 0.0293. The van der Waals surface area contributed by atoms with Crippen molar-refractivity contribution < 1.29 is 9.53 Å². The zero-order valence-electron chi connectivity index (χ0n) is 9.86. The summed E-state index contributed by atoms with van der Waals surface area (Å²) in [5.74, 6) is 0.185. The average molecular weight is 244 g/mol. The maximum Gasteiger partial charge on any atom is 0.223 e. The summed E-state index contributed by atoms with van der Waals surface area (Å²) in [4.78, 5) is 12.1. The van der Waals surface area contributed by atoms with E-state index in [4.69, 9.17) is 22.7 Å². The van der Waals surface area contributed by atoms with Crippen molar-refractivity contribution in [3.63, 3.8) is 0 Å². The summed E-state index contributed by atoms with van der Waals surface area (Å²) in [6, 6.07) is -0.219. The third-order valence-corrected chi connectivity index (χ3v) is 2.98. The van der Waals surface area contributed by atoms with Crippen LogP contribution in [0.5, 0.6) is 0 Å². The summed E-state index contributed by atoms with van der Waals surface area (Å²) in [7, 11) is 0. The number of nitrogens with one attached hydrogen (secondary N) is 1. The molecular weight excluding hydrogens is 224 g/mol. The van der Waals surface area contributed by atoms with Crippen molar-refractivity contribution in [2.45, 2.75) is 45.3 Å². The second-order valence-electron chi connectivity index (χ2n) is 4.53. The minimum Gasteiger partial charge on any atom is -0.392 e. The molecule has 1 amide bonds. The van der Waals surface area contributed by atoms with Gasteiger partial charge in [0, 0.05) is 6.61 Å². The third-order valence-electron chi connectivity index (χ3n) is 2.73. The van der Waals surface area contributed by atoms with E-state index >= 15 is 0 Å². The van der Waals surface area contributed by atoms with E-state index in [0.717, 1.165) is 19.4 Å². The molecule has 1 aliphatic heterocycles. The Morgan fingerprint density at radius 2 is 2.31 bits per heavy atom. The molecule has 4 nitrogen and oxygen atoms in total. The average Bonchev–Trinajstić information content (AvgIpc) is 2.65. The Bertz CT molecular complexity index is 263. The second kappa shape index (κ2) is 6.15. The van der Waals surface area contributed by atoms with Gasteiger partial charge in [-0.1, -0.05) is 26.1 Å². The van der Waals surface area contributed by atoms with E-state index in [9.17, 15) is 4.79 Å². The normalized spacial score (nSPS) is 22.1. The molecule has 3 N–H and O–H groups in total. The highest BCUT2D eigenvalue weighted by atomic mass is 32.1. The summed E-state index contributed by atoms with van der Waals surface area (Å²) in [5, 5.41) is 2.86. The zero-order chi connectivity index (χ0) is 12.1. The molecule has 0 aromatic heterocycles. The predicted molar refractivity (Wildman–Crippen MR) is 67.1 cm³/mol. The van der Waals surface area contributed by atoms with Crippen LogP contribution in [0.4, 0.5) is 0 Å². The monoisotopic (exact) mass is 244 g/mol. The summed E-state index contributed by atoms with van der Waals surface area (Å²) < 4.78 is 5.40. The molecule has 16 heavy (non-hydrogen) atoms. The van der Waals surface area contributed by atoms with E-state index in [-0.39, 0.29) is 24.0 Å². The second-order valence-corrected chi connectivity index (χ2v) is 5.00. The Balaban J connectivity index is 2.38. The molecule has 1 heterocycles. The highest BCUT2D eigenvalue weighted by molar-refractivity contribution is 7.80. The van der Waals surface area contributed by atoms with Crippen LogP contribution in [-0.4, -0.2) is 29.6 Å². The first kappa shape index (κ1) is 13.4. The molecule has 0 bridgehead atoms. The number of carbonyl (C=O) groups is 1. The van der Waals surface area contributed by atoms with Gasteiger partial charge in [0.15, 0.2) is 0 Å². The van der Waals surface area contributed by atoms with Gasteiger partial charge in [-0.15, -0.1) is 0 Å². The van der Waals surface area contributed by atoms with Crippen LogP contribution in [-0.2, 0) is 9.53 Å². The summed E-state index contributed by atoms with van der Waals surface area (Å²) in [6.45, 7) is 4.73. The Morgan fingerprint density at radius 1 is 1.62 bits per heavy atom. The van der Waals surface area contributed by atoms with Crippen LogP contribution in [0.3, 0.4) is 0 Å². The van der Waals surface area contributed by atoms with Crippen molar-refractivity contribution in [3.05, 3.63) is 0 Å². The molecule has 2 unspecified atom stereocenters. The number of hydrogen-bond donors (Lipinski definition) is 2. The molecule has 0 aromatic rings. The number of nitrogens with two attached hydrogens (primary N) is 1. The van der Waals surface area contributed by atoms with Gasteiger partial charge in [0.2, 0.25) is 5.91 Å². The molecule has 0 saturated carbocycles. The highest BCUT2D eigenvalue weighted by Crippen LogP contribution is 2.15. The predicted octanol–water partition coefficient (Wildman–Crippen LogP) is 0.982. The number of hydrogen-bond acceptors (Lipinski definition) is 3. The summed E-state index contributed by atoms with van der Waals surface area (Å²) in [5.41, 5.74) is 5.58. The molecule has 1 saturated heterocycles. The van der Waals surface area contributed by atoms with Gasteiger partial charge in [-0.2, -0.15) is 0 Å². The molecule has 0 aromatic carbocycles. The molecule has 0 radical (unpaired) electrons. The molecule has 0 spiro atoms. The van der Waals surface area contributed by atoms with Crippen LogP contribution in [0.15, 0.2) is 0 Å². The smallest absolute Gasteiger partial charge is 0.223 e. The van der Waals surface area contributed by atoms with E-state index in [1.54, 1.807) is 0 Å². The number of carbonyl (C=O) groups excluding carboxylic acids is 1. The van der Waals surface area contributed by atoms with Crippen LogP contribution < -0.4 is 11.1 Å². The Hall–Kier alpha value is -0.680. The van der Waals surface area contributed by atoms with E-state index in [2.05, 4.69) is 5.32 Å². The van der Waals surface area contributed by atoms with Gasteiger partial charge in [0.1, 0.15) is 0 Å². The van der Waals surface area contributed by atoms with E-state index in [1.165, 1.54) is 0 Å².